The van der Waals surface area contributed by atoms with E-state index in [1.807, 2.05) is 91.0 Å². The minimum absolute atomic E-state index is 0.0912. The predicted octanol–water partition coefficient (Wildman–Crippen LogP) is 10.9. The van der Waals surface area contributed by atoms with Gasteiger partial charge in [-0.25, -0.2) is 4.98 Å². The van der Waals surface area contributed by atoms with Crippen molar-refractivity contribution in [3.63, 3.8) is 0 Å². The summed E-state index contributed by atoms with van der Waals surface area (Å²) in [5, 5.41) is 3.32. The molecule has 0 radical (unpaired) electrons. The number of rotatable bonds is 5. The highest BCUT2D eigenvalue weighted by Crippen LogP contribution is 2.46. The van der Waals surface area contributed by atoms with Crippen LogP contribution < -0.4 is 0 Å². The van der Waals surface area contributed by atoms with Crippen LogP contribution in [0.4, 0.5) is 0 Å². The van der Waals surface area contributed by atoms with E-state index in [0.29, 0.717) is 27.8 Å². The van der Waals surface area contributed by atoms with Crippen LogP contribution in [0.15, 0.2) is 152 Å². The highest BCUT2D eigenvalue weighted by Gasteiger charge is 2.21. The molecule has 8 rings (SSSR count). The highest BCUT2D eigenvalue weighted by molar-refractivity contribution is 6.22. The number of para-hydroxylation sites is 3. The number of hydrogen-bond donors (Lipinski definition) is 0. The molecule has 0 aliphatic heterocycles. The van der Waals surface area contributed by atoms with Crippen molar-refractivity contribution in [3.05, 3.63) is 157 Å². The minimum Gasteiger partial charge on any atom is -0.296 e. The zero-order valence-electron chi connectivity index (χ0n) is 32.9. The number of aromatic nitrogens is 2. The zero-order chi connectivity index (χ0) is 37.4. The molecule has 0 amide bonds. The third kappa shape index (κ3) is 4.14. The molecule has 2 heteroatoms. The van der Waals surface area contributed by atoms with Crippen LogP contribution in [-0.4, -0.2) is 9.55 Å². The molecule has 0 bridgehead atoms. The van der Waals surface area contributed by atoms with E-state index < -0.39 is 31.4 Å². The van der Waals surface area contributed by atoms with E-state index in [0.717, 1.165) is 38.2 Å². The summed E-state index contributed by atoms with van der Waals surface area (Å²) < 4.78 is 86.1. The fraction of sp³-hybridized carbons (Fsp3) is 0.0488. The second-order valence-corrected chi connectivity index (χ2v) is 10.3. The molecule has 0 unspecified atom stereocenters. The Labute approximate surface area is 265 Å². The lowest BCUT2D eigenvalue weighted by molar-refractivity contribution is 0.909. The lowest BCUT2D eigenvalue weighted by Gasteiger charge is -2.21. The highest BCUT2D eigenvalue weighted by atomic mass is 15.1. The van der Waals surface area contributed by atoms with Crippen LogP contribution in [0.5, 0.6) is 0 Å². The van der Waals surface area contributed by atoms with Gasteiger partial charge in [-0.15, -0.1) is 0 Å². The molecular formula is C41H30N2. The maximum atomic E-state index is 8.84. The van der Waals surface area contributed by atoms with Crippen LogP contribution >= 0.6 is 0 Å². The van der Waals surface area contributed by atoms with Crippen molar-refractivity contribution in [2.75, 3.05) is 0 Å². The normalized spacial score (nSPS) is 15.4. The van der Waals surface area contributed by atoms with Gasteiger partial charge < -0.3 is 0 Å². The van der Waals surface area contributed by atoms with E-state index in [4.69, 9.17) is 13.7 Å². The van der Waals surface area contributed by atoms with Gasteiger partial charge in [0.25, 0.3) is 0 Å². The van der Waals surface area contributed by atoms with E-state index in [2.05, 4.69) is 4.98 Å². The fourth-order valence-corrected chi connectivity index (χ4v) is 6.17. The van der Waals surface area contributed by atoms with E-state index in [-0.39, 0.29) is 23.5 Å². The quantitative estimate of drug-likeness (QED) is 0.191. The molecular weight excluding hydrogens is 520 g/mol. The van der Waals surface area contributed by atoms with Gasteiger partial charge in [0.15, 0.2) is 0 Å². The zero-order valence-corrected chi connectivity index (χ0v) is 22.9. The largest absolute Gasteiger partial charge is 0.296 e. The molecule has 0 aliphatic rings. The monoisotopic (exact) mass is 560 g/mol. The van der Waals surface area contributed by atoms with Gasteiger partial charge in [0, 0.05) is 18.8 Å². The molecule has 204 valence electrons. The Morgan fingerprint density at radius 1 is 0.628 bits per heavy atom. The lowest BCUT2D eigenvalue weighted by atomic mass is 9.84. The number of imidazole rings is 1. The van der Waals surface area contributed by atoms with Gasteiger partial charge in [-0.05, 0) is 73.6 Å². The first kappa shape index (κ1) is 16.8. The van der Waals surface area contributed by atoms with Crippen molar-refractivity contribution >= 4 is 32.6 Å². The minimum atomic E-state index is -3.02. The van der Waals surface area contributed by atoms with Crippen LogP contribution in [0.3, 0.4) is 0 Å². The topological polar surface area (TPSA) is 17.8 Å². The Morgan fingerprint density at radius 3 is 2.16 bits per heavy atom. The Morgan fingerprint density at radius 2 is 1.33 bits per heavy atom. The summed E-state index contributed by atoms with van der Waals surface area (Å²) in [6.45, 7) is -3.02. The molecule has 8 aromatic rings. The van der Waals surface area contributed by atoms with Crippen molar-refractivity contribution in [1.29, 1.82) is 0 Å². The van der Waals surface area contributed by atoms with Crippen molar-refractivity contribution in [1.82, 2.24) is 9.55 Å². The van der Waals surface area contributed by atoms with Crippen LogP contribution in [0.2, 0.25) is 0 Å². The smallest absolute Gasteiger partial charge is 0.114 e. The standard InChI is InChI=1S/C41H30N2/c1-2-39-42-36-22-12-14-24-38(36)43(39)37-23-13-11-21-34(37)41-32-20-10-9-19-31(32)40(29-17-7-4-8-18-29)35-27-30(25-26-33(35)41)28-15-5-3-6-16-28/h3-27H,2H2,1H3/i1D3,2D2,3D,5D,6D,15D,16D. The maximum absolute atomic E-state index is 8.84. The Balaban J connectivity index is 1.53. The van der Waals surface area contributed by atoms with Crippen molar-refractivity contribution < 1.29 is 13.7 Å². The first-order chi connectivity index (χ1) is 25.3. The Kier molecular flexibility index (Phi) is 4.08. The third-order valence-corrected chi connectivity index (χ3v) is 7.96. The lowest BCUT2D eigenvalue weighted by Crippen LogP contribution is -2.03. The predicted molar refractivity (Wildman–Crippen MR) is 182 cm³/mol. The second-order valence-electron chi connectivity index (χ2n) is 10.3. The fourth-order valence-electron chi connectivity index (χ4n) is 6.17. The van der Waals surface area contributed by atoms with Crippen molar-refractivity contribution in [2.45, 2.75) is 13.2 Å². The van der Waals surface area contributed by atoms with Gasteiger partial charge in [-0.2, -0.15) is 0 Å². The van der Waals surface area contributed by atoms with Gasteiger partial charge in [0.1, 0.15) is 5.82 Å². The van der Waals surface area contributed by atoms with E-state index in [9.17, 15) is 0 Å². The summed E-state index contributed by atoms with van der Waals surface area (Å²) in [6, 6.07) is 35.9. The van der Waals surface area contributed by atoms with Crippen LogP contribution in [0.25, 0.3) is 71.6 Å². The molecule has 0 aliphatic carbocycles. The summed E-state index contributed by atoms with van der Waals surface area (Å²) >= 11 is 0. The van der Waals surface area contributed by atoms with E-state index >= 15 is 0 Å². The number of benzene rings is 7. The average Bonchev–Trinajstić information content (AvgIpc) is 3.56. The van der Waals surface area contributed by atoms with E-state index in [1.54, 1.807) is 34.9 Å². The van der Waals surface area contributed by atoms with Gasteiger partial charge in [0.05, 0.1) is 23.6 Å². The maximum Gasteiger partial charge on any atom is 0.114 e. The van der Waals surface area contributed by atoms with Crippen LogP contribution in [-0.2, 0) is 6.37 Å². The molecule has 43 heavy (non-hydrogen) atoms. The Hall–Kier alpha value is -5.47. The molecule has 1 heterocycles. The first-order valence-electron chi connectivity index (χ1n) is 19.0. The van der Waals surface area contributed by atoms with Crippen LogP contribution in [0.1, 0.15) is 26.4 Å². The average molecular weight is 561 g/mol. The van der Waals surface area contributed by atoms with Gasteiger partial charge in [-0.3, -0.25) is 4.57 Å². The van der Waals surface area contributed by atoms with Crippen molar-refractivity contribution in [2.24, 2.45) is 0 Å². The van der Waals surface area contributed by atoms with Crippen molar-refractivity contribution in [3.8, 4) is 39.1 Å². The summed E-state index contributed by atoms with van der Waals surface area (Å²) in [6.07, 6.45) is -2.81. The van der Waals surface area contributed by atoms with Gasteiger partial charge in [0.2, 0.25) is 0 Å². The molecule has 0 saturated heterocycles. The summed E-state index contributed by atoms with van der Waals surface area (Å²) in [7, 11) is 0. The molecule has 0 fully saturated rings. The number of nitrogens with zero attached hydrogens (tertiary/aromatic N) is 2. The second kappa shape index (κ2) is 10.4. The molecule has 1 aromatic heterocycles. The number of fused-ring (bicyclic) bond motifs is 3. The summed E-state index contributed by atoms with van der Waals surface area (Å²) in [4.78, 5) is 4.57. The molecule has 0 spiro atoms. The first-order valence-corrected chi connectivity index (χ1v) is 14.0. The number of aryl methyl sites for hydroxylation is 1. The Bertz CT molecular complexity index is 2720. The summed E-state index contributed by atoms with van der Waals surface area (Å²) in [5.41, 5.74) is 5.34. The molecule has 0 saturated carbocycles. The van der Waals surface area contributed by atoms with Gasteiger partial charge in [-0.1, -0.05) is 134 Å². The summed E-state index contributed by atoms with van der Waals surface area (Å²) in [5.74, 6) is -0.246. The molecule has 7 aromatic carbocycles. The van der Waals surface area contributed by atoms with Gasteiger partial charge >= 0.3 is 0 Å². The molecule has 0 atom stereocenters. The SMILES string of the molecule is [2H]c1c([2H])c([2H])c(-c2ccc3c(-c4ccccc4-n4c(C([2H])([2H])C([2H])([2H])[2H])nc5ccccc54)c4ccccc4c(-c4ccccc4)c3c2)c([2H])c1[2H]. The van der Waals surface area contributed by atoms with E-state index in [1.165, 1.54) is 0 Å². The number of hydrogen-bond acceptors (Lipinski definition) is 1. The third-order valence-electron chi connectivity index (χ3n) is 7.96. The van der Waals surface area contributed by atoms with Crippen LogP contribution in [0, 0.1) is 0 Å². The molecule has 2 nitrogen and oxygen atoms in total. The molecule has 0 N–H and O–H groups in total.